The smallest absolute Gasteiger partial charge is 0.363 e. The molecule has 0 spiro atoms. The van der Waals surface area contributed by atoms with Gasteiger partial charge in [-0.3, -0.25) is 9.97 Å². The Hall–Kier alpha value is -2.96. The molecule has 0 saturated heterocycles. The third-order valence-corrected chi connectivity index (χ3v) is 4.35. The first-order chi connectivity index (χ1) is 13.2. The first-order valence-electron chi connectivity index (χ1n) is 8.85. The van der Waals surface area contributed by atoms with Gasteiger partial charge in [0.1, 0.15) is 11.5 Å². The number of halogens is 3. The zero-order chi connectivity index (χ0) is 20.5. The van der Waals surface area contributed by atoms with Crippen LogP contribution in [-0.4, -0.2) is 29.0 Å². The van der Waals surface area contributed by atoms with Gasteiger partial charge in [-0.1, -0.05) is 19.9 Å². The summed E-state index contributed by atoms with van der Waals surface area (Å²) in [5, 5.41) is 0. The molecule has 0 unspecified atom stereocenters. The fraction of sp³-hybridized carbons (Fsp3) is 0.286. The number of anilines is 1. The molecule has 0 bridgehead atoms. The summed E-state index contributed by atoms with van der Waals surface area (Å²) in [6.45, 7) is 4.13. The van der Waals surface area contributed by atoms with Crippen LogP contribution in [0.5, 0.6) is 0 Å². The van der Waals surface area contributed by atoms with Gasteiger partial charge in [-0.2, -0.15) is 13.2 Å². The molecule has 0 amide bonds. The lowest BCUT2D eigenvalue weighted by molar-refractivity contribution is -0.141. The highest BCUT2D eigenvalue weighted by Crippen LogP contribution is 2.34. The van der Waals surface area contributed by atoms with Crippen LogP contribution in [-0.2, 0) is 6.18 Å². The zero-order valence-corrected chi connectivity index (χ0v) is 16.1. The first kappa shape index (κ1) is 19.8. The summed E-state index contributed by atoms with van der Waals surface area (Å²) in [7, 11) is 3.71. The number of aromatic nitrogens is 3. The number of pyridine rings is 3. The fourth-order valence-electron chi connectivity index (χ4n) is 2.76. The maximum Gasteiger partial charge on any atom is 0.433 e. The van der Waals surface area contributed by atoms with E-state index in [1.165, 1.54) is 12.3 Å². The summed E-state index contributed by atoms with van der Waals surface area (Å²) in [6, 6.07) is 10.1. The lowest BCUT2D eigenvalue weighted by atomic mass is 10.00. The second kappa shape index (κ2) is 7.58. The maximum atomic E-state index is 12.8. The molecule has 0 radical (unpaired) electrons. The predicted octanol–water partition coefficient (Wildman–Crippen LogP) is 5.41. The van der Waals surface area contributed by atoms with Crippen LogP contribution in [0.4, 0.5) is 19.0 Å². The monoisotopic (exact) mass is 386 g/mol. The van der Waals surface area contributed by atoms with E-state index in [4.69, 9.17) is 0 Å². The van der Waals surface area contributed by atoms with E-state index in [1.54, 1.807) is 6.20 Å². The van der Waals surface area contributed by atoms with E-state index in [1.807, 2.05) is 43.3 Å². The molecule has 0 aromatic carbocycles. The zero-order valence-electron chi connectivity index (χ0n) is 16.1. The van der Waals surface area contributed by atoms with Crippen molar-refractivity contribution in [1.29, 1.82) is 0 Å². The van der Waals surface area contributed by atoms with Gasteiger partial charge in [-0.25, -0.2) is 4.98 Å². The third-order valence-electron chi connectivity index (χ3n) is 4.35. The van der Waals surface area contributed by atoms with Crippen LogP contribution in [0.1, 0.15) is 31.2 Å². The molecule has 0 atom stereocenters. The van der Waals surface area contributed by atoms with E-state index in [0.29, 0.717) is 23.0 Å². The topological polar surface area (TPSA) is 41.9 Å². The van der Waals surface area contributed by atoms with Gasteiger partial charge in [0.15, 0.2) is 0 Å². The van der Waals surface area contributed by atoms with Crippen molar-refractivity contribution in [3.05, 3.63) is 60.2 Å². The highest BCUT2D eigenvalue weighted by molar-refractivity contribution is 5.81. The predicted molar refractivity (Wildman–Crippen MR) is 104 cm³/mol. The first-order valence-corrected chi connectivity index (χ1v) is 8.85. The standard InChI is InChI=1S/C21H21F3N4/c1-13(2)17-8-5-14(11-25-17)16-7-10-19(28(3)4)27-20(16)15-6-9-18(26-12-15)21(22,23)24/h5-13H,1-4H3. The van der Waals surface area contributed by atoms with Crippen molar-refractivity contribution in [2.24, 2.45) is 0 Å². The molecular weight excluding hydrogens is 365 g/mol. The minimum atomic E-state index is -4.48. The van der Waals surface area contributed by atoms with Gasteiger partial charge >= 0.3 is 6.18 Å². The Kier molecular flexibility index (Phi) is 5.36. The normalized spacial score (nSPS) is 11.7. The summed E-state index contributed by atoms with van der Waals surface area (Å²) >= 11 is 0. The Labute approximate surface area is 162 Å². The van der Waals surface area contributed by atoms with E-state index in [2.05, 4.69) is 28.8 Å². The van der Waals surface area contributed by atoms with Crippen LogP contribution in [0.25, 0.3) is 22.4 Å². The molecule has 0 aliphatic heterocycles. The summed E-state index contributed by atoms with van der Waals surface area (Å²) in [5.41, 5.74) is 2.75. The van der Waals surface area contributed by atoms with Crippen LogP contribution in [0.3, 0.4) is 0 Å². The fourth-order valence-corrected chi connectivity index (χ4v) is 2.76. The molecule has 3 heterocycles. The van der Waals surface area contributed by atoms with Gasteiger partial charge < -0.3 is 4.90 Å². The molecule has 0 fully saturated rings. The Morgan fingerprint density at radius 1 is 0.857 bits per heavy atom. The maximum absolute atomic E-state index is 12.8. The van der Waals surface area contributed by atoms with Gasteiger partial charge in [0.2, 0.25) is 0 Å². The van der Waals surface area contributed by atoms with Crippen molar-refractivity contribution >= 4 is 5.82 Å². The van der Waals surface area contributed by atoms with Gasteiger partial charge in [0.05, 0.1) is 5.69 Å². The van der Waals surface area contributed by atoms with Gasteiger partial charge in [0, 0.05) is 48.9 Å². The SMILES string of the molecule is CC(C)c1ccc(-c2ccc(N(C)C)nc2-c2ccc(C(F)(F)F)nc2)cn1. The van der Waals surface area contributed by atoms with Crippen LogP contribution >= 0.6 is 0 Å². The van der Waals surface area contributed by atoms with Crippen molar-refractivity contribution in [2.75, 3.05) is 19.0 Å². The van der Waals surface area contributed by atoms with Gasteiger partial charge in [0.25, 0.3) is 0 Å². The van der Waals surface area contributed by atoms with Gasteiger partial charge in [-0.05, 0) is 36.2 Å². The van der Waals surface area contributed by atoms with E-state index in [9.17, 15) is 13.2 Å². The highest BCUT2D eigenvalue weighted by atomic mass is 19.4. The summed E-state index contributed by atoms with van der Waals surface area (Å²) in [6.07, 6.45) is -1.50. The Morgan fingerprint density at radius 2 is 1.54 bits per heavy atom. The molecule has 3 rings (SSSR count). The van der Waals surface area contributed by atoms with Crippen molar-refractivity contribution in [3.8, 4) is 22.4 Å². The second-order valence-corrected chi connectivity index (χ2v) is 7.02. The highest BCUT2D eigenvalue weighted by Gasteiger charge is 2.32. The summed E-state index contributed by atoms with van der Waals surface area (Å²) < 4.78 is 38.5. The lowest BCUT2D eigenvalue weighted by Crippen LogP contribution is -2.11. The average Bonchev–Trinajstić information content (AvgIpc) is 2.67. The quantitative estimate of drug-likeness (QED) is 0.601. The molecule has 146 valence electrons. The molecule has 0 aliphatic rings. The van der Waals surface area contributed by atoms with Crippen LogP contribution in [0.2, 0.25) is 0 Å². The lowest BCUT2D eigenvalue weighted by Gasteiger charge is -2.16. The molecule has 3 aromatic heterocycles. The van der Waals surface area contributed by atoms with Crippen molar-refractivity contribution in [1.82, 2.24) is 15.0 Å². The molecule has 28 heavy (non-hydrogen) atoms. The largest absolute Gasteiger partial charge is 0.433 e. The minimum absolute atomic E-state index is 0.307. The van der Waals surface area contributed by atoms with E-state index in [0.717, 1.165) is 22.9 Å². The molecule has 0 saturated carbocycles. The van der Waals surface area contributed by atoms with Gasteiger partial charge in [-0.15, -0.1) is 0 Å². The van der Waals surface area contributed by atoms with E-state index in [-0.39, 0.29) is 0 Å². The molecule has 0 N–H and O–H groups in total. The Bertz CT molecular complexity index is 947. The van der Waals surface area contributed by atoms with Crippen LogP contribution < -0.4 is 4.90 Å². The number of alkyl halides is 3. The van der Waals surface area contributed by atoms with E-state index < -0.39 is 11.9 Å². The number of rotatable bonds is 4. The molecule has 0 aliphatic carbocycles. The Morgan fingerprint density at radius 3 is 2.04 bits per heavy atom. The summed E-state index contributed by atoms with van der Waals surface area (Å²) in [4.78, 5) is 14.6. The minimum Gasteiger partial charge on any atom is -0.363 e. The number of hydrogen-bond acceptors (Lipinski definition) is 4. The van der Waals surface area contributed by atoms with Crippen LogP contribution in [0.15, 0.2) is 48.8 Å². The second-order valence-electron chi connectivity index (χ2n) is 7.02. The van der Waals surface area contributed by atoms with Crippen molar-refractivity contribution < 1.29 is 13.2 Å². The molecular formula is C21H21F3N4. The third kappa shape index (κ3) is 4.13. The Balaban J connectivity index is 2.11. The van der Waals surface area contributed by atoms with Crippen molar-refractivity contribution in [3.63, 3.8) is 0 Å². The molecule has 4 nitrogen and oxygen atoms in total. The van der Waals surface area contributed by atoms with Crippen LogP contribution in [0, 0.1) is 0 Å². The average molecular weight is 386 g/mol. The number of nitrogens with zero attached hydrogens (tertiary/aromatic N) is 4. The number of hydrogen-bond donors (Lipinski definition) is 0. The van der Waals surface area contributed by atoms with E-state index >= 15 is 0 Å². The van der Waals surface area contributed by atoms with Crippen molar-refractivity contribution in [2.45, 2.75) is 25.9 Å². The summed E-state index contributed by atoms with van der Waals surface area (Å²) in [5.74, 6) is 1.01. The molecule has 3 aromatic rings. The molecule has 7 heteroatoms.